The molecule has 5 heteroatoms. The van der Waals surface area contributed by atoms with Crippen LogP contribution in [0.5, 0.6) is 0 Å². The number of nitrogens with one attached hydrogen (secondary N) is 1. The molecule has 0 aromatic carbocycles. The molecule has 0 bridgehead atoms. The van der Waals surface area contributed by atoms with Crippen LogP contribution in [0.25, 0.3) is 0 Å². The van der Waals surface area contributed by atoms with Crippen LogP contribution < -0.4 is 5.32 Å². The molecule has 0 fully saturated rings. The number of hydrogen-bond donors (Lipinski definition) is 2. The fraction of sp³-hybridized carbons (Fsp3) is 0.667. The van der Waals surface area contributed by atoms with E-state index in [9.17, 15) is 9.90 Å². The van der Waals surface area contributed by atoms with Gasteiger partial charge in [0.1, 0.15) is 5.76 Å². The first kappa shape index (κ1) is 13.7. The molecule has 17 heavy (non-hydrogen) atoms. The molecule has 0 radical (unpaired) electrons. The first-order chi connectivity index (χ1) is 7.88. The molecule has 0 aliphatic heterocycles. The van der Waals surface area contributed by atoms with Crippen LogP contribution in [0.15, 0.2) is 10.8 Å². The molecule has 96 valence electrons. The summed E-state index contributed by atoms with van der Waals surface area (Å²) in [5, 5.41) is 12.8. The van der Waals surface area contributed by atoms with Crippen molar-refractivity contribution in [1.82, 2.24) is 10.3 Å². The number of rotatable bonds is 5. The highest BCUT2D eigenvalue weighted by Gasteiger charge is 2.28. The van der Waals surface area contributed by atoms with E-state index in [4.69, 9.17) is 4.42 Å². The van der Waals surface area contributed by atoms with Crippen molar-refractivity contribution in [3.8, 4) is 0 Å². The van der Waals surface area contributed by atoms with Crippen LogP contribution >= 0.6 is 0 Å². The summed E-state index contributed by atoms with van der Waals surface area (Å²) in [5.41, 5.74) is -0.646. The number of oxazole rings is 1. The molecule has 5 nitrogen and oxygen atoms in total. The van der Waals surface area contributed by atoms with Crippen molar-refractivity contribution in [2.24, 2.45) is 5.92 Å². The molecule has 1 rings (SSSR count). The summed E-state index contributed by atoms with van der Waals surface area (Å²) in [6, 6.07) is 0. The maximum Gasteiger partial charge on any atom is 0.273 e. The third-order valence-electron chi connectivity index (χ3n) is 3.24. The summed E-state index contributed by atoms with van der Waals surface area (Å²) in [6.07, 6.45) is 2.09. The van der Waals surface area contributed by atoms with Gasteiger partial charge >= 0.3 is 0 Å². The predicted molar refractivity (Wildman–Crippen MR) is 63.7 cm³/mol. The van der Waals surface area contributed by atoms with Gasteiger partial charge in [0, 0.05) is 6.54 Å². The first-order valence-electron chi connectivity index (χ1n) is 5.79. The van der Waals surface area contributed by atoms with E-state index in [1.165, 1.54) is 6.39 Å². The highest BCUT2D eigenvalue weighted by Crippen LogP contribution is 2.19. The normalized spacial score (nSPS) is 16.3. The molecule has 0 spiro atoms. The van der Waals surface area contributed by atoms with Crippen molar-refractivity contribution in [2.75, 3.05) is 6.54 Å². The van der Waals surface area contributed by atoms with E-state index in [1.54, 1.807) is 13.8 Å². The summed E-state index contributed by atoms with van der Waals surface area (Å²) in [5.74, 6) is 0.270. The molecular weight excluding hydrogens is 220 g/mol. The van der Waals surface area contributed by atoms with Crippen molar-refractivity contribution < 1.29 is 14.3 Å². The Morgan fingerprint density at radius 2 is 2.35 bits per heavy atom. The maximum atomic E-state index is 11.7. The summed E-state index contributed by atoms with van der Waals surface area (Å²) in [4.78, 5) is 15.6. The standard InChI is InChI=1S/C12H20N2O3/c1-5-8(2)12(4,16)6-13-11(15)10-9(3)17-7-14-10/h7-8,16H,5-6H2,1-4H3,(H,13,15). The van der Waals surface area contributed by atoms with Crippen molar-refractivity contribution in [1.29, 1.82) is 0 Å². The Bertz CT molecular complexity index is 385. The molecule has 2 N–H and O–H groups in total. The summed E-state index contributed by atoms with van der Waals surface area (Å²) in [6.45, 7) is 7.55. The molecule has 1 aromatic rings. The van der Waals surface area contributed by atoms with Gasteiger partial charge < -0.3 is 14.8 Å². The van der Waals surface area contributed by atoms with Gasteiger partial charge in [-0.2, -0.15) is 0 Å². The van der Waals surface area contributed by atoms with E-state index in [0.29, 0.717) is 5.76 Å². The highest BCUT2D eigenvalue weighted by molar-refractivity contribution is 5.93. The molecule has 1 aromatic heterocycles. The van der Waals surface area contributed by atoms with Crippen LogP contribution in [0.2, 0.25) is 0 Å². The Hall–Kier alpha value is -1.36. The zero-order valence-electron chi connectivity index (χ0n) is 10.8. The fourth-order valence-corrected chi connectivity index (χ4v) is 1.48. The van der Waals surface area contributed by atoms with E-state index in [2.05, 4.69) is 10.3 Å². The Labute approximate surface area is 101 Å². The van der Waals surface area contributed by atoms with Crippen LogP contribution in [0.1, 0.15) is 43.4 Å². The zero-order chi connectivity index (χ0) is 13.1. The van der Waals surface area contributed by atoms with E-state index in [1.807, 2.05) is 13.8 Å². The number of aliphatic hydroxyl groups is 1. The Kier molecular flexibility index (Phi) is 4.28. The average Bonchev–Trinajstić information content (AvgIpc) is 2.71. The molecule has 0 aliphatic carbocycles. The second-order valence-electron chi connectivity index (χ2n) is 4.61. The lowest BCUT2D eigenvalue weighted by molar-refractivity contribution is 0.00587. The van der Waals surface area contributed by atoms with Crippen molar-refractivity contribution in [2.45, 2.75) is 39.7 Å². The van der Waals surface area contributed by atoms with Crippen LogP contribution in [-0.4, -0.2) is 28.1 Å². The Morgan fingerprint density at radius 1 is 1.71 bits per heavy atom. The average molecular weight is 240 g/mol. The molecular formula is C12H20N2O3. The number of nitrogens with zero attached hydrogens (tertiary/aromatic N) is 1. The molecule has 0 saturated heterocycles. The van der Waals surface area contributed by atoms with Gasteiger partial charge in [0.25, 0.3) is 5.91 Å². The van der Waals surface area contributed by atoms with Crippen molar-refractivity contribution >= 4 is 5.91 Å². The van der Waals surface area contributed by atoms with Gasteiger partial charge in [-0.3, -0.25) is 4.79 Å². The molecule has 0 saturated carbocycles. The third kappa shape index (κ3) is 3.30. The lowest BCUT2D eigenvalue weighted by atomic mass is 9.88. The minimum absolute atomic E-state index is 0.112. The summed E-state index contributed by atoms with van der Waals surface area (Å²) >= 11 is 0. The first-order valence-corrected chi connectivity index (χ1v) is 5.79. The number of carbonyl (C=O) groups is 1. The minimum Gasteiger partial charge on any atom is -0.448 e. The van der Waals surface area contributed by atoms with Crippen LogP contribution in [0.3, 0.4) is 0 Å². The van der Waals surface area contributed by atoms with Gasteiger partial charge in [0.15, 0.2) is 12.1 Å². The Morgan fingerprint density at radius 3 is 2.82 bits per heavy atom. The number of carbonyl (C=O) groups excluding carboxylic acids is 1. The number of hydrogen-bond acceptors (Lipinski definition) is 4. The fourth-order valence-electron chi connectivity index (χ4n) is 1.48. The monoisotopic (exact) mass is 240 g/mol. The van der Waals surface area contributed by atoms with Gasteiger partial charge in [-0.25, -0.2) is 4.98 Å². The Balaban J connectivity index is 2.57. The van der Waals surface area contributed by atoms with Gasteiger partial charge in [-0.05, 0) is 19.8 Å². The van der Waals surface area contributed by atoms with E-state index in [0.717, 1.165) is 6.42 Å². The zero-order valence-corrected chi connectivity index (χ0v) is 10.8. The van der Waals surface area contributed by atoms with Crippen LogP contribution in [0, 0.1) is 12.8 Å². The predicted octanol–water partition coefficient (Wildman–Crippen LogP) is 1.51. The van der Waals surface area contributed by atoms with E-state index < -0.39 is 5.60 Å². The summed E-state index contributed by atoms with van der Waals surface area (Å²) < 4.78 is 4.95. The van der Waals surface area contributed by atoms with Crippen molar-refractivity contribution in [3.63, 3.8) is 0 Å². The largest absolute Gasteiger partial charge is 0.448 e. The van der Waals surface area contributed by atoms with Gasteiger partial charge in [-0.15, -0.1) is 0 Å². The lowest BCUT2D eigenvalue weighted by Gasteiger charge is -2.29. The second-order valence-corrected chi connectivity index (χ2v) is 4.61. The van der Waals surface area contributed by atoms with Gasteiger partial charge in [-0.1, -0.05) is 20.3 Å². The maximum absolute atomic E-state index is 11.7. The van der Waals surface area contributed by atoms with Gasteiger partial charge in [0.2, 0.25) is 0 Å². The highest BCUT2D eigenvalue weighted by atomic mass is 16.3. The molecule has 2 unspecified atom stereocenters. The molecule has 0 aliphatic rings. The number of aromatic nitrogens is 1. The lowest BCUT2D eigenvalue weighted by Crippen LogP contribution is -2.45. The second kappa shape index (κ2) is 5.31. The molecule has 2 atom stereocenters. The van der Waals surface area contributed by atoms with Gasteiger partial charge in [0.05, 0.1) is 5.60 Å². The molecule has 1 amide bonds. The van der Waals surface area contributed by atoms with Crippen LogP contribution in [0.4, 0.5) is 0 Å². The topological polar surface area (TPSA) is 75.4 Å². The quantitative estimate of drug-likeness (QED) is 0.818. The summed E-state index contributed by atoms with van der Waals surface area (Å²) in [7, 11) is 0. The number of aryl methyl sites for hydroxylation is 1. The van der Waals surface area contributed by atoms with Crippen LogP contribution in [-0.2, 0) is 0 Å². The SMILES string of the molecule is CCC(C)C(C)(O)CNC(=O)c1ncoc1C. The third-order valence-corrected chi connectivity index (χ3v) is 3.24. The van der Waals surface area contributed by atoms with E-state index in [-0.39, 0.29) is 24.1 Å². The minimum atomic E-state index is -0.915. The smallest absolute Gasteiger partial charge is 0.273 e. The van der Waals surface area contributed by atoms with E-state index >= 15 is 0 Å². The molecule has 1 heterocycles. The van der Waals surface area contributed by atoms with Crippen molar-refractivity contribution in [3.05, 3.63) is 17.8 Å². The number of amides is 1.